The third-order valence-electron chi connectivity index (χ3n) is 5.53. The summed E-state index contributed by atoms with van der Waals surface area (Å²) in [6, 6.07) is 11.2. The summed E-state index contributed by atoms with van der Waals surface area (Å²) < 4.78 is 84.8. The molecule has 0 fully saturated rings. The lowest BCUT2D eigenvalue weighted by Gasteiger charge is -2.08. The van der Waals surface area contributed by atoms with Gasteiger partial charge in [0.1, 0.15) is 17.5 Å². The highest BCUT2D eigenvalue weighted by atomic mass is 19.2. The van der Waals surface area contributed by atoms with Crippen molar-refractivity contribution in [1.29, 1.82) is 0 Å². The van der Waals surface area contributed by atoms with Crippen LogP contribution < -0.4 is 0 Å². The molecule has 0 unspecified atom stereocenters. The van der Waals surface area contributed by atoms with Crippen LogP contribution in [0.3, 0.4) is 0 Å². The Morgan fingerprint density at radius 3 is 2.14 bits per heavy atom. The first-order valence-corrected chi connectivity index (χ1v) is 10.8. The molecule has 0 aliphatic carbocycles. The van der Waals surface area contributed by atoms with E-state index in [-0.39, 0.29) is 27.5 Å². The second-order valence-electron chi connectivity index (χ2n) is 7.91. The third-order valence-corrected chi connectivity index (χ3v) is 5.53. The largest absolute Gasteiger partial charge is 0.206 e. The van der Waals surface area contributed by atoms with E-state index in [4.69, 9.17) is 0 Å². The zero-order valence-electron chi connectivity index (χ0n) is 18.5. The summed E-state index contributed by atoms with van der Waals surface area (Å²) >= 11 is 0. The molecule has 4 aromatic rings. The number of fused-ring (bicyclic) bond motifs is 1. The number of allylic oxidation sites excluding steroid dienone is 2. The van der Waals surface area contributed by atoms with Gasteiger partial charge in [-0.25, -0.2) is 26.3 Å². The van der Waals surface area contributed by atoms with E-state index in [1.807, 2.05) is 19.1 Å². The van der Waals surface area contributed by atoms with Crippen molar-refractivity contribution in [2.75, 3.05) is 0 Å². The molecule has 4 rings (SSSR count). The molecule has 0 atom stereocenters. The van der Waals surface area contributed by atoms with Crippen molar-refractivity contribution in [3.8, 4) is 23.0 Å². The Morgan fingerprint density at radius 1 is 0.714 bits per heavy atom. The molecular formula is C29H18F6. The first-order chi connectivity index (χ1) is 16.8. The zero-order chi connectivity index (χ0) is 25.1. The molecular weight excluding hydrogens is 462 g/mol. The fraction of sp³-hybridized carbons (Fsp3) is 0.103. The van der Waals surface area contributed by atoms with Crippen LogP contribution in [0.15, 0.2) is 66.7 Å². The molecule has 0 nitrogen and oxygen atoms in total. The van der Waals surface area contributed by atoms with Gasteiger partial charge in [0.15, 0.2) is 17.5 Å². The van der Waals surface area contributed by atoms with E-state index in [0.717, 1.165) is 30.2 Å². The molecule has 0 aliphatic heterocycles. The molecule has 0 heterocycles. The smallest absolute Gasteiger partial charge is 0.195 e. The number of rotatable bonds is 4. The Hall–Kier alpha value is -3.98. The molecule has 0 spiro atoms. The van der Waals surface area contributed by atoms with Crippen molar-refractivity contribution in [2.24, 2.45) is 0 Å². The molecule has 6 heteroatoms. The van der Waals surface area contributed by atoms with Crippen molar-refractivity contribution in [2.45, 2.75) is 19.8 Å². The summed E-state index contributed by atoms with van der Waals surface area (Å²) in [6.45, 7) is 1.90. The first kappa shape index (κ1) is 24.2. The van der Waals surface area contributed by atoms with Crippen LogP contribution in [0.4, 0.5) is 26.3 Å². The Kier molecular flexibility index (Phi) is 6.97. The molecule has 4 aromatic carbocycles. The van der Waals surface area contributed by atoms with Gasteiger partial charge in [0.25, 0.3) is 0 Å². The monoisotopic (exact) mass is 480 g/mol. The average Bonchev–Trinajstić information content (AvgIpc) is 2.82. The van der Waals surface area contributed by atoms with Crippen LogP contribution >= 0.6 is 0 Å². The van der Waals surface area contributed by atoms with E-state index < -0.39 is 40.5 Å². The molecule has 0 amide bonds. The van der Waals surface area contributed by atoms with Crippen molar-refractivity contribution in [3.05, 3.63) is 118 Å². The Bertz CT molecular complexity index is 1500. The van der Waals surface area contributed by atoms with Crippen LogP contribution in [-0.4, -0.2) is 0 Å². The second-order valence-corrected chi connectivity index (χ2v) is 7.91. The predicted molar refractivity (Wildman–Crippen MR) is 125 cm³/mol. The van der Waals surface area contributed by atoms with Gasteiger partial charge >= 0.3 is 0 Å². The van der Waals surface area contributed by atoms with Gasteiger partial charge in [-0.2, -0.15) is 0 Å². The number of halogens is 6. The van der Waals surface area contributed by atoms with Gasteiger partial charge in [0.2, 0.25) is 0 Å². The molecule has 35 heavy (non-hydrogen) atoms. The van der Waals surface area contributed by atoms with Gasteiger partial charge in [0, 0.05) is 16.5 Å². The zero-order valence-corrected chi connectivity index (χ0v) is 18.5. The summed E-state index contributed by atoms with van der Waals surface area (Å²) in [5.41, 5.74) is 0.536. The van der Waals surface area contributed by atoms with Gasteiger partial charge in [-0.1, -0.05) is 42.2 Å². The summed E-state index contributed by atoms with van der Waals surface area (Å²) in [5.74, 6) is -1.91. The summed E-state index contributed by atoms with van der Waals surface area (Å²) in [6.07, 6.45) is 5.26. The van der Waals surface area contributed by atoms with E-state index in [0.29, 0.717) is 6.42 Å². The Balaban J connectivity index is 1.64. The highest BCUT2D eigenvalue weighted by molar-refractivity contribution is 5.84. The van der Waals surface area contributed by atoms with Gasteiger partial charge in [-0.05, 0) is 72.7 Å². The summed E-state index contributed by atoms with van der Waals surface area (Å²) in [4.78, 5) is 0. The van der Waals surface area contributed by atoms with Crippen LogP contribution in [0.5, 0.6) is 0 Å². The van der Waals surface area contributed by atoms with Crippen LogP contribution in [0.2, 0.25) is 0 Å². The maximum absolute atomic E-state index is 14.7. The minimum absolute atomic E-state index is 0.0294. The van der Waals surface area contributed by atoms with Gasteiger partial charge in [-0.15, -0.1) is 0 Å². The average molecular weight is 480 g/mol. The van der Waals surface area contributed by atoms with E-state index in [1.54, 1.807) is 6.07 Å². The van der Waals surface area contributed by atoms with Gasteiger partial charge < -0.3 is 0 Å². The van der Waals surface area contributed by atoms with Gasteiger partial charge in [-0.3, -0.25) is 0 Å². The molecule has 0 aromatic heterocycles. The van der Waals surface area contributed by atoms with E-state index >= 15 is 0 Å². The normalized spacial score (nSPS) is 11.2. The molecule has 0 radical (unpaired) electrons. The quantitative estimate of drug-likeness (QED) is 0.119. The number of hydrogen-bond acceptors (Lipinski definition) is 0. The van der Waals surface area contributed by atoms with Crippen LogP contribution in [-0.2, 0) is 6.42 Å². The van der Waals surface area contributed by atoms with Crippen molar-refractivity contribution in [1.82, 2.24) is 0 Å². The molecule has 0 saturated heterocycles. The third kappa shape index (κ3) is 5.09. The lowest BCUT2D eigenvalue weighted by Crippen LogP contribution is -1.95. The minimum atomic E-state index is -1.58. The number of aryl methyl sites for hydroxylation is 1. The fourth-order valence-electron chi connectivity index (χ4n) is 3.73. The van der Waals surface area contributed by atoms with Crippen molar-refractivity contribution >= 4 is 10.8 Å². The van der Waals surface area contributed by atoms with Crippen LogP contribution in [0.25, 0.3) is 21.9 Å². The topological polar surface area (TPSA) is 0 Å². The standard InChI is InChI=1S/C29H18F6/c1-2-3-4-5-17-6-9-21(24(30)13-17)20-14-25(31)23(26(32)15-20)11-8-18-7-10-22-19(12-18)16-27(33)29(35)28(22)34/h2-3,6-7,9-10,12-16H,4-5H2,1H3/b3-2+. The minimum Gasteiger partial charge on any atom is -0.206 e. The Morgan fingerprint density at radius 2 is 1.46 bits per heavy atom. The SMILES string of the molecule is C/C=C/CCc1ccc(-c2cc(F)c(C#Cc3ccc4c(F)c(F)c(F)cc4c3)c(F)c2)c(F)c1. The lowest BCUT2D eigenvalue weighted by molar-refractivity contribution is 0.453. The highest BCUT2D eigenvalue weighted by Gasteiger charge is 2.15. The Labute approximate surface area is 198 Å². The van der Waals surface area contributed by atoms with Gasteiger partial charge in [0.05, 0.1) is 5.56 Å². The fourth-order valence-corrected chi connectivity index (χ4v) is 3.73. The molecule has 0 N–H and O–H groups in total. The van der Waals surface area contributed by atoms with Crippen molar-refractivity contribution in [3.63, 3.8) is 0 Å². The summed E-state index contributed by atoms with van der Waals surface area (Å²) in [5, 5.41) is -0.0971. The van der Waals surface area contributed by atoms with E-state index in [1.165, 1.54) is 30.3 Å². The maximum Gasteiger partial charge on any atom is 0.195 e. The maximum atomic E-state index is 14.7. The van der Waals surface area contributed by atoms with Crippen LogP contribution in [0, 0.1) is 46.7 Å². The second kappa shape index (κ2) is 10.1. The number of benzene rings is 4. The molecule has 0 bridgehead atoms. The molecule has 0 saturated carbocycles. The van der Waals surface area contributed by atoms with Crippen molar-refractivity contribution < 1.29 is 26.3 Å². The lowest BCUT2D eigenvalue weighted by atomic mass is 9.99. The predicted octanol–water partition coefficient (Wildman–Crippen LogP) is 8.25. The molecule has 0 aliphatic rings. The van der Waals surface area contributed by atoms with E-state index in [9.17, 15) is 26.3 Å². The summed E-state index contributed by atoms with van der Waals surface area (Å²) in [7, 11) is 0. The van der Waals surface area contributed by atoms with E-state index in [2.05, 4.69) is 11.8 Å². The van der Waals surface area contributed by atoms with Crippen LogP contribution in [0.1, 0.15) is 30.0 Å². The highest BCUT2D eigenvalue weighted by Crippen LogP contribution is 2.28. The molecule has 176 valence electrons. The number of hydrogen-bond donors (Lipinski definition) is 0. The first-order valence-electron chi connectivity index (χ1n) is 10.8.